The topological polar surface area (TPSA) is 26.3 Å². The summed E-state index contributed by atoms with van der Waals surface area (Å²) < 4.78 is 17.7. The Morgan fingerprint density at radius 3 is 3.25 bits per heavy atom. The maximum Gasteiger partial charge on any atom is 0.122 e. The van der Waals surface area contributed by atoms with E-state index in [-0.39, 0.29) is 18.5 Å². The van der Waals surface area contributed by atoms with Crippen LogP contribution in [-0.4, -0.2) is 18.7 Å². The van der Waals surface area contributed by atoms with Crippen molar-refractivity contribution < 1.29 is 13.9 Å². The van der Waals surface area contributed by atoms with Crippen molar-refractivity contribution in [1.82, 2.24) is 0 Å². The summed E-state index contributed by atoms with van der Waals surface area (Å²) in [5, 5.41) is 0. The van der Waals surface area contributed by atoms with Crippen LogP contribution in [0.25, 0.3) is 0 Å². The average Bonchev–Trinajstić information content (AvgIpc) is 2.09. The normalized spacial score (nSPS) is 22.8. The van der Waals surface area contributed by atoms with E-state index in [1.165, 1.54) is 6.08 Å². The Labute approximate surface area is 70.7 Å². The van der Waals surface area contributed by atoms with Crippen LogP contribution in [0.4, 0.5) is 4.39 Å². The third-order valence-electron chi connectivity index (χ3n) is 1.81. The molecule has 1 aliphatic carbocycles. The number of ether oxygens (including phenoxy) is 1. The summed E-state index contributed by atoms with van der Waals surface area (Å²) in [6, 6.07) is 0. The lowest BCUT2D eigenvalue weighted by molar-refractivity contribution is 0.0649. The lowest BCUT2D eigenvalue weighted by Gasteiger charge is -2.18. The lowest BCUT2D eigenvalue weighted by atomic mass is 10.0. The van der Waals surface area contributed by atoms with Crippen LogP contribution in [-0.2, 0) is 9.53 Å². The van der Waals surface area contributed by atoms with Gasteiger partial charge in [-0.1, -0.05) is 6.08 Å². The van der Waals surface area contributed by atoms with E-state index in [0.717, 1.165) is 0 Å². The van der Waals surface area contributed by atoms with Crippen molar-refractivity contribution in [3.63, 3.8) is 0 Å². The lowest BCUT2D eigenvalue weighted by Crippen LogP contribution is -2.15. The molecule has 0 aromatic heterocycles. The van der Waals surface area contributed by atoms with Gasteiger partial charge < -0.3 is 4.74 Å². The molecule has 0 radical (unpaired) electrons. The summed E-state index contributed by atoms with van der Waals surface area (Å²) >= 11 is 0. The van der Waals surface area contributed by atoms with E-state index in [4.69, 9.17) is 4.74 Å². The predicted octanol–water partition coefficient (Wildman–Crippen LogP) is 1.80. The predicted molar refractivity (Wildman–Crippen MR) is 43.0 cm³/mol. The molecule has 12 heavy (non-hydrogen) atoms. The molecule has 0 aromatic carbocycles. The second-order valence-electron chi connectivity index (χ2n) is 2.70. The van der Waals surface area contributed by atoms with Gasteiger partial charge in [-0.3, -0.25) is 0 Å². The van der Waals surface area contributed by atoms with Crippen molar-refractivity contribution in [2.24, 2.45) is 0 Å². The third-order valence-corrected chi connectivity index (χ3v) is 1.81. The van der Waals surface area contributed by atoms with Crippen LogP contribution in [0.1, 0.15) is 19.3 Å². The van der Waals surface area contributed by atoms with Gasteiger partial charge in [0.05, 0.1) is 18.5 Å². The molecule has 0 saturated carbocycles. The van der Waals surface area contributed by atoms with Crippen molar-refractivity contribution in [3.05, 3.63) is 18.0 Å². The van der Waals surface area contributed by atoms with E-state index >= 15 is 0 Å². The molecular weight excluding hydrogens is 159 g/mol. The van der Waals surface area contributed by atoms with E-state index in [0.29, 0.717) is 19.3 Å². The van der Waals surface area contributed by atoms with Gasteiger partial charge in [0.25, 0.3) is 0 Å². The van der Waals surface area contributed by atoms with Crippen molar-refractivity contribution in [2.45, 2.75) is 25.4 Å². The van der Waals surface area contributed by atoms with Gasteiger partial charge >= 0.3 is 0 Å². The molecular formula is C9H11FO2. The number of halogens is 1. The van der Waals surface area contributed by atoms with Gasteiger partial charge in [0, 0.05) is 12.5 Å². The van der Waals surface area contributed by atoms with Crippen molar-refractivity contribution in [3.8, 4) is 0 Å². The molecule has 0 saturated heterocycles. The van der Waals surface area contributed by atoms with E-state index in [1.807, 2.05) is 0 Å². The summed E-state index contributed by atoms with van der Waals surface area (Å²) in [4.78, 5) is 9.77. The minimum absolute atomic E-state index is 0.0548. The second-order valence-corrected chi connectivity index (χ2v) is 2.70. The zero-order valence-electron chi connectivity index (χ0n) is 6.75. The van der Waals surface area contributed by atoms with E-state index in [1.54, 1.807) is 12.0 Å². The van der Waals surface area contributed by atoms with Crippen LogP contribution in [0.5, 0.6) is 0 Å². The maximum absolute atomic E-state index is 12.5. The fourth-order valence-corrected chi connectivity index (χ4v) is 1.15. The van der Waals surface area contributed by atoms with Gasteiger partial charge in [-0.25, -0.2) is 9.18 Å². The molecule has 0 heterocycles. The molecule has 0 spiro atoms. The Bertz CT molecular complexity index is 217. The SMILES string of the molecule is O=C=CCOC1CC=C(F)CC1. The quantitative estimate of drug-likeness (QED) is 0.603. The van der Waals surface area contributed by atoms with Gasteiger partial charge in [0.1, 0.15) is 5.94 Å². The Morgan fingerprint density at radius 1 is 1.83 bits per heavy atom. The standard InChI is InChI=1S/C9H11FO2/c10-8-2-4-9(5-3-8)12-7-1-6-11/h1-2,9H,3-5,7H2. The molecule has 2 nitrogen and oxygen atoms in total. The molecule has 0 bridgehead atoms. The smallest absolute Gasteiger partial charge is 0.122 e. The third kappa shape index (κ3) is 2.99. The Balaban J connectivity index is 2.22. The average molecular weight is 170 g/mol. The van der Waals surface area contributed by atoms with Gasteiger partial charge in [-0.15, -0.1) is 0 Å². The molecule has 0 aliphatic heterocycles. The highest BCUT2D eigenvalue weighted by molar-refractivity contribution is 5.44. The molecule has 1 unspecified atom stereocenters. The Hall–Kier alpha value is -0.920. The number of allylic oxidation sites excluding steroid dienone is 1. The number of hydrogen-bond donors (Lipinski definition) is 0. The summed E-state index contributed by atoms with van der Waals surface area (Å²) in [6.45, 7) is 0.281. The molecule has 1 aliphatic rings. The van der Waals surface area contributed by atoms with E-state index < -0.39 is 0 Å². The summed E-state index contributed by atoms with van der Waals surface area (Å²) in [6.07, 6.45) is 4.66. The number of rotatable bonds is 3. The second kappa shape index (κ2) is 4.86. The first-order valence-corrected chi connectivity index (χ1v) is 3.98. The highest BCUT2D eigenvalue weighted by Gasteiger charge is 2.13. The Morgan fingerprint density at radius 2 is 2.67 bits per heavy atom. The first kappa shape index (κ1) is 9.17. The van der Waals surface area contributed by atoms with Crippen LogP contribution in [0.15, 0.2) is 18.0 Å². The first-order chi connectivity index (χ1) is 5.83. The largest absolute Gasteiger partial charge is 0.373 e. The minimum Gasteiger partial charge on any atom is -0.373 e. The molecule has 0 amide bonds. The van der Waals surface area contributed by atoms with Crippen molar-refractivity contribution in [1.29, 1.82) is 0 Å². The monoisotopic (exact) mass is 170 g/mol. The van der Waals surface area contributed by atoms with Crippen LogP contribution in [0.3, 0.4) is 0 Å². The number of hydrogen-bond acceptors (Lipinski definition) is 2. The minimum atomic E-state index is -0.0548. The first-order valence-electron chi connectivity index (χ1n) is 3.98. The fraction of sp³-hybridized carbons (Fsp3) is 0.556. The molecule has 3 heteroatoms. The molecule has 0 aromatic rings. The summed E-state index contributed by atoms with van der Waals surface area (Å²) in [5.41, 5.74) is 0. The Kier molecular flexibility index (Phi) is 3.71. The summed E-state index contributed by atoms with van der Waals surface area (Å²) in [5.74, 6) is 1.57. The highest BCUT2D eigenvalue weighted by atomic mass is 19.1. The van der Waals surface area contributed by atoms with Crippen LogP contribution >= 0.6 is 0 Å². The maximum atomic E-state index is 12.5. The van der Waals surface area contributed by atoms with E-state index in [2.05, 4.69) is 0 Å². The van der Waals surface area contributed by atoms with Gasteiger partial charge in [0.2, 0.25) is 0 Å². The zero-order valence-corrected chi connectivity index (χ0v) is 6.75. The van der Waals surface area contributed by atoms with Crippen LogP contribution < -0.4 is 0 Å². The molecule has 1 rings (SSSR count). The van der Waals surface area contributed by atoms with Crippen LogP contribution in [0.2, 0.25) is 0 Å². The zero-order chi connectivity index (χ0) is 8.81. The fourth-order valence-electron chi connectivity index (χ4n) is 1.15. The van der Waals surface area contributed by atoms with Crippen molar-refractivity contribution in [2.75, 3.05) is 6.61 Å². The molecule has 0 fully saturated rings. The highest BCUT2D eigenvalue weighted by Crippen LogP contribution is 2.20. The van der Waals surface area contributed by atoms with Gasteiger partial charge in [-0.05, 0) is 12.8 Å². The summed E-state index contributed by atoms with van der Waals surface area (Å²) in [7, 11) is 0. The molecule has 0 N–H and O–H groups in total. The number of carbonyl (C=O) groups excluding carboxylic acids is 1. The van der Waals surface area contributed by atoms with Gasteiger partial charge in [0.15, 0.2) is 0 Å². The van der Waals surface area contributed by atoms with Gasteiger partial charge in [-0.2, -0.15) is 0 Å². The van der Waals surface area contributed by atoms with E-state index in [9.17, 15) is 9.18 Å². The van der Waals surface area contributed by atoms with Crippen LogP contribution in [0, 0.1) is 0 Å². The van der Waals surface area contributed by atoms with Crippen molar-refractivity contribution >= 4 is 5.94 Å². The molecule has 66 valence electrons. The molecule has 1 atom stereocenters.